The molecule has 7 heteroatoms. The molecule has 1 aliphatic heterocycles. The molecule has 3 heterocycles. The normalized spacial score (nSPS) is 15.4. The first-order chi connectivity index (χ1) is 13.1. The number of nitrogens with zero attached hydrogens (tertiary/aromatic N) is 4. The van der Waals surface area contributed by atoms with Crippen molar-refractivity contribution in [2.24, 2.45) is 0 Å². The summed E-state index contributed by atoms with van der Waals surface area (Å²) in [5.74, 6) is 0.0914. The lowest BCUT2D eigenvalue weighted by Crippen LogP contribution is -2.48. The quantitative estimate of drug-likeness (QED) is 0.695. The minimum absolute atomic E-state index is 0.0411. The zero-order valence-electron chi connectivity index (χ0n) is 15.3. The second-order valence-electron chi connectivity index (χ2n) is 6.76. The first-order valence-electron chi connectivity index (χ1n) is 9.20. The van der Waals surface area contributed by atoms with E-state index >= 15 is 0 Å². The standard InChI is InChI=1S/C20H22N4O2S/c1-2-15-3-5-16(6-4-15)19(26)23-9-7-22(8-10-23)14-17-13-18(25)24-11-12-27-20(24)21-17/h3-6,11-13H,2,7-10,14H2,1H3. The summed E-state index contributed by atoms with van der Waals surface area (Å²) in [5.41, 5.74) is 2.74. The predicted molar refractivity (Wildman–Crippen MR) is 106 cm³/mol. The van der Waals surface area contributed by atoms with Crippen LogP contribution in [-0.4, -0.2) is 51.3 Å². The topological polar surface area (TPSA) is 57.9 Å². The van der Waals surface area contributed by atoms with Crippen LogP contribution in [0.4, 0.5) is 0 Å². The number of rotatable bonds is 4. The molecule has 0 saturated carbocycles. The molecular formula is C20H22N4O2S. The van der Waals surface area contributed by atoms with E-state index in [1.165, 1.54) is 16.9 Å². The van der Waals surface area contributed by atoms with Crippen LogP contribution in [0.25, 0.3) is 4.96 Å². The lowest BCUT2D eigenvalue weighted by Gasteiger charge is -2.34. The number of hydrogen-bond donors (Lipinski definition) is 0. The summed E-state index contributed by atoms with van der Waals surface area (Å²) in [5, 5.41) is 1.87. The molecule has 0 spiro atoms. The molecule has 4 rings (SSSR count). The first kappa shape index (κ1) is 17.9. The van der Waals surface area contributed by atoms with Gasteiger partial charge in [-0.3, -0.25) is 18.9 Å². The molecule has 0 unspecified atom stereocenters. The van der Waals surface area contributed by atoms with Crippen LogP contribution in [-0.2, 0) is 13.0 Å². The third kappa shape index (κ3) is 3.79. The van der Waals surface area contributed by atoms with Crippen LogP contribution in [0.15, 0.2) is 46.7 Å². The second kappa shape index (κ2) is 7.62. The Hall–Kier alpha value is -2.51. The number of hydrogen-bond acceptors (Lipinski definition) is 5. The van der Waals surface area contributed by atoms with Crippen molar-refractivity contribution in [3.05, 3.63) is 69.1 Å². The van der Waals surface area contributed by atoms with Crippen molar-refractivity contribution in [2.75, 3.05) is 26.2 Å². The average Bonchev–Trinajstić information content (AvgIpc) is 3.17. The van der Waals surface area contributed by atoms with Gasteiger partial charge in [0.1, 0.15) is 0 Å². The Morgan fingerprint density at radius 3 is 2.59 bits per heavy atom. The van der Waals surface area contributed by atoms with Gasteiger partial charge >= 0.3 is 0 Å². The zero-order chi connectivity index (χ0) is 18.8. The van der Waals surface area contributed by atoms with Gasteiger partial charge in [0.05, 0.1) is 5.69 Å². The Morgan fingerprint density at radius 2 is 1.89 bits per heavy atom. The average molecular weight is 382 g/mol. The zero-order valence-corrected chi connectivity index (χ0v) is 16.1. The fraction of sp³-hybridized carbons (Fsp3) is 0.350. The summed E-state index contributed by atoms with van der Waals surface area (Å²) in [6.45, 7) is 5.68. The molecule has 1 amide bonds. The molecule has 0 atom stereocenters. The van der Waals surface area contributed by atoms with Crippen LogP contribution in [0.5, 0.6) is 0 Å². The van der Waals surface area contributed by atoms with E-state index in [-0.39, 0.29) is 11.5 Å². The molecule has 1 aromatic carbocycles. The maximum atomic E-state index is 12.7. The summed E-state index contributed by atoms with van der Waals surface area (Å²) < 4.78 is 1.56. The highest BCUT2D eigenvalue weighted by molar-refractivity contribution is 7.15. The van der Waals surface area contributed by atoms with E-state index in [4.69, 9.17) is 0 Å². The van der Waals surface area contributed by atoms with E-state index in [9.17, 15) is 9.59 Å². The number of amides is 1. The van der Waals surface area contributed by atoms with Crippen molar-refractivity contribution >= 4 is 22.2 Å². The smallest absolute Gasteiger partial charge is 0.258 e. The molecule has 1 saturated heterocycles. The van der Waals surface area contributed by atoms with Crippen molar-refractivity contribution in [1.29, 1.82) is 0 Å². The van der Waals surface area contributed by atoms with Crippen molar-refractivity contribution in [2.45, 2.75) is 19.9 Å². The number of carbonyl (C=O) groups is 1. The van der Waals surface area contributed by atoms with Gasteiger partial charge < -0.3 is 4.90 Å². The number of aryl methyl sites for hydroxylation is 1. The number of thiazole rings is 1. The highest BCUT2D eigenvalue weighted by Crippen LogP contribution is 2.13. The first-order valence-corrected chi connectivity index (χ1v) is 10.1. The number of piperazine rings is 1. The molecule has 2 aromatic heterocycles. The summed E-state index contributed by atoms with van der Waals surface area (Å²) >= 11 is 1.46. The van der Waals surface area contributed by atoms with Crippen LogP contribution in [0.2, 0.25) is 0 Å². The van der Waals surface area contributed by atoms with Gasteiger partial charge in [-0.2, -0.15) is 0 Å². The van der Waals surface area contributed by atoms with E-state index in [1.54, 1.807) is 16.7 Å². The lowest BCUT2D eigenvalue weighted by atomic mass is 10.1. The van der Waals surface area contributed by atoms with Crippen LogP contribution in [0.3, 0.4) is 0 Å². The Labute approximate surface area is 161 Å². The largest absolute Gasteiger partial charge is 0.336 e. The van der Waals surface area contributed by atoms with Crippen LogP contribution in [0, 0.1) is 0 Å². The lowest BCUT2D eigenvalue weighted by molar-refractivity contribution is 0.0627. The van der Waals surface area contributed by atoms with Crippen LogP contribution in [0.1, 0.15) is 28.5 Å². The number of aromatic nitrogens is 2. The third-order valence-corrected chi connectivity index (χ3v) is 5.77. The Bertz CT molecular complexity index is 1000. The van der Waals surface area contributed by atoms with Crippen molar-refractivity contribution in [1.82, 2.24) is 19.2 Å². The molecule has 0 radical (unpaired) electrons. The summed E-state index contributed by atoms with van der Waals surface area (Å²) in [7, 11) is 0. The Morgan fingerprint density at radius 1 is 1.15 bits per heavy atom. The molecule has 140 valence electrons. The summed E-state index contributed by atoms with van der Waals surface area (Å²) in [6, 6.07) is 9.48. The predicted octanol–water partition coefficient (Wildman–Crippen LogP) is 2.28. The maximum Gasteiger partial charge on any atom is 0.258 e. The maximum absolute atomic E-state index is 12.7. The SMILES string of the molecule is CCc1ccc(C(=O)N2CCN(Cc3cc(=O)n4ccsc4n3)CC2)cc1. The molecular weight excluding hydrogens is 360 g/mol. The van der Waals surface area contributed by atoms with Crippen LogP contribution >= 0.6 is 11.3 Å². The van der Waals surface area contributed by atoms with Crippen molar-refractivity contribution in [3.63, 3.8) is 0 Å². The third-order valence-electron chi connectivity index (χ3n) is 5.01. The number of benzene rings is 1. The Balaban J connectivity index is 1.37. The minimum atomic E-state index is -0.0411. The van der Waals surface area contributed by atoms with Gasteiger partial charge in [-0.15, -0.1) is 11.3 Å². The Kier molecular flexibility index (Phi) is 5.05. The molecule has 0 bridgehead atoms. The number of fused-ring (bicyclic) bond motifs is 1. The summed E-state index contributed by atoms with van der Waals surface area (Å²) in [4.78, 5) is 34.2. The molecule has 27 heavy (non-hydrogen) atoms. The van der Waals surface area contributed by atoms with Gasteiger partial charge in [0.25, 0.3) is 11.5 Å². The highest BCUT2D eigenvalue weighted by atomic mass is 32.1. The van der Waals surface area contributed by atoms with E-state index in [1.807, 2.05) is 34.5 Å². The summed E-state index contributed by atoms with van der Waals surface area (Å²) in [6.07, 6.45) is 2.72. The molecule has 1 aliphatic rings. The monoisotopic (exact) mass is 382 g/mol. The molecule has 1 fully saturated rings. The van der Waals surface area contributed by atoms with Gasteiger partial charge in [-0.1, -0.05) is 19.1 Å². The van der Waals surface area contributed by atoms with Crippen LogP contribution < -0.4 is 5.56 Å². The van der Waals surface area contributed by atoms with E-state index in [0.717, 1.165) is 35.7 Å². The second-order valence-corrected chi connectivity index (χ2v) is 7.63. The molecule has 3 aromatic rings. The highest BCUT2D eigenvalue weighted by Gasteiger charge is 2.22. The fourth-order valence-electron chi connectivity index (χ4n) is 3.37. The van der Waals surface area contributed by atoms with E-state index in [2.05, 4.69) is 16.8 Å². The van der Waals surface area contributed by atoms with E-state index < -0.39 is 0 Å². The molecule has 6 nitrogen and oxygen atoms in total. The number of carbonyl (C=O) groups excluding carboxylic acids is 1. The van der Waals surface area contributed by atoms with Crippen molar-refractivity contribution in [3.8, 4) is 0 Å². The van der Waals surface area contributed by atoms with E-state index in [0.29, 0.717) is 19.6 Å². The van der Waals surface area contributed by atoms with Gasteiger partial charge in [0.15, 0.2) is 4.96 Å². The van der Waals surface area contributed by atoms with Crippen molar-refractivity contribution < 1.29 is 4.79 Å². The van der Waals surface area contributed by atoms with Gasteiger partial charge in [-0.05, 0) is 24.1 Å². The van der Waals surface area contributed by atoms with Gasteiger partial charge in [-0.25, -0.2) is 4.98 Å². The fourth-order valence-corrected chi connectivity index (χ4v) is 4.11. The van der Waals surface area contributed by atoms with Gasteiger partial charge in [0.2, 0.25) is 0 Å². The minimum Gasteiger partial charge on any atom is -0.336 e. The van der Waals surface area contributed by atoms with Gasteiger partial charge in [0, 0.05) is 55.9 Å². The molecule has 0 aliphatic carbocycles. The molecule has 0 N–H and O–H groups in total.